The van der Waals surface area contributed by atoms with E-state index in [1.165, 1.54) is 5.57 Å². The molecule has 0 saturated carbocycles. The van der Waals surface area contributed by atoms with Gasteiger partial charge in [0.2, 0.25) is 0 Å². The highest BCUT2D eigenvalue weighted by atomic mass is 16.5. The minimum absolute atomic E-state index is 0.111. The smallest absolute Gasteiger partial charge is 0.259 e. The van der Waals surface area contributed by atoms with Crippen molar-refractivity contribution in [3.8, 4) is 11.3 Å². The number of hydrogen-bond donors (Lipinski definition) is 1. The number of aromatic nitrogens is 2. The first kappa shape index (κ1) is 21.3. The molecule has 7 heteroatoms. The van der Waals surface area contributed by atoms with Crippen LogP contribution in [0.1, 0.15) is 54.3 Å². The highest BCUT2D eigenvalue weighted by molar-refractivity contribution is 6.07. The van der Waals surface area contributed by atoms with Gasteiger partial charge >= 0.3 is 0 Å². The first-order valence-electron chi connectivity index (χ1n) is 10.8. The van der Waals surface area contributed by atoms with Crippen LogP contribution in [0.4, 0.5) is 0 Å². The average molecular weight is 423 g/mol. The summed E-state index contributed by atoms with van der Waals surface area (Å²) >= 11 is 0. The maximum absolute atomic E-state index is 13.3. The fraction of sp³-hybridized carbons (Fsp3) is 0.458. The molecular formula is C24H30N4O3. The lowest BCUT2D eigenvalue weighted by Gasteiger charge is -2.31. The summed E-state index contributed by atoms with van der Waals surface area (Å²) in [4.78, 5) is 20.3. The number of carbonyl (C=O) groups excluding carboxylic acids is 1. The fourth-order valence-corrected chi connectivity index (χ4v) is 4.13. The molecular weight excluding hydrogens is 392 g/mol. The summed E-state index contributed by atoms with van der Waals surface area (Å²) in [5, 5.41) is 7.93. The van der Waals surface area contributed by atoms with E-state index in [0.29, 0.717) is 28.1 Å². The van der Waals surface area contributed by atoms with E-state index in [0.717, 1.165) is 49.6 Å². The summed E-state index contributed by atoms with van der Waals surface area (Å²) in [6.07, 6.45) is 4.13. The second kappa shape index (κ2) is 8.67. The van der Waals surface area contributed by atoms with E-state index >= 15 is 0 Å². The number of nitrogens with one attached hydrogen (secondary N) is 1. The zero-order valence-electron chi connectivity index (χ0n) is 18.9. The SMILES string of the molecule is CC(C)=CCN1CCC(NC(=O)c2cc(-c3cc(C)oc3C)nc3onc(C)c23)CC1. The maximum Gasteiger partial charge on any atom is 0.259 e. The Kier molecular flexibility index (Phi) is 5.96. The molecule has 0 radical (unpaired) electrons. The van der Waals surface area contributed by atoms with Gasteiger partial charge in [0, 0.05) is 31.2 Å². The molecule has 31 heavy (non-hydrogen) atoms. The third kappa shape index (κ3) is 4.56. The van der Waals surface area contributed by atoms with Crippen molar-refractivity contribution < 1.29 is 13.7 Å². The second-order valence-electron chi connectivity index (χ2n) is 8.66. The zero-order chi connectivity index (χ0) is 22.1. The first-order chi connectivity index (χ1) is 14.8. The molecule has 1 fully saturated rings. The molecule has 0 aromatic carbocycles. The fourth-order valence-electron chi connectivity index (χ4n) is 4.13. The van der Waals surface area contributed by atoms with Gasteiger partial charge in [-0.05, 0) is 59.6 Å². The number of fused-ring (bicyclic) bond motifs is 1. The molecule has 1 aliphatic rings. The highest BCUT2D eigenvalue weighted by Crippen LogP contribution is 2.30. The average Bonchev–Trinajstić information content (AvgIpc) is 3.28. The van der Waals surface area contributed by atoms with Crippen LogP contribution in [0.2, 0.25) is 0 Å². The molecule has 1 N–H and O–H groups in total. The van der Waals surface area contributed by atoms with Crippen molar-refractivity contribution >= 4 is 17.0 Å². The number of nitrogens with zero attached hydrogens (tertiary/aromatic N) is 3. The van der Waals surface area contributed by atoms with Crippen LogP contribution >= 0.6 is 0 Å². The Labute approximate surface area is 182 Å². The molecule has 164 valence electrons. The molecule has 4 rings (SSSR count). The van der Waals surface area contributed by atoms with Crippen molar-refractivity contribution in [3.63, 3.8) is 0 Å². The molecule has 1 amide bonds. The summed E-state index contributed by atoms with van der Waals surface area (Å²) < 4.78 is 11.1. The minimum atomic E-state index is -0.111. The molecule has 3 aromatic rings. The van der Waals surface area contributed by atoms with Gasteiger partial charge in [-0.25, -0.2) is 4.98 Å². The van der Waals surface area contributed by atoms with Crippen LogP contribution in [0.15, 0.2) is 32.7 Å². The van der Waals surface area contributed by atoms with Gasteiger partial charge in [-0.2, -0.15) is 0 Å². The van der Waals surface area contributed by atoms with E-state index < -0.39 is 0 Å². The molecule has 0 unspecified atom stereocenters. The predicted octanol–water partition coefficient (Wildman–Crippen LogP) is 4.57. The van der Waals surface area contributed by atoms with Crippen LogP contribution in [-0.4, -0.2) is 46.6 Å². The number of allylic oxidation sites excluding steroid dienone is 1. The Morgan fingerprint density at radius 1 is 1.23 bits per heavy atom. The quantitative estimate of drug-likeness (QED) is 0.607. The van der Waals surface area contributed by atoms with E-state index in [9.17, 15) is 4.79 Å². The monoisotopic (exact) mass is 422 g/mol. The number of pyridine rings is 1. The van der Waals surface area contributed by atoms with Crippen molar-refractivity contribution in [3.05, 3.63) is 46.6 Å². The number of hydrogen-bond acceptors (Lipinski definition) is 6. The molecule has 0 aliphatic carbocycles. The molecule has 0 atom stereocenters. The van der Waals surface area contributed by atoms with Crippen LogP contribution < -0.4 is 5.32 Å². The number of amides is 1. The van der Waals surface area contributed by atoms with E-state index in [4.69, 9.17) is 8.94 Å². The summed E-state index contributed by atoms with van der Waals surface area (Å²) in [6.45, 7) is 12.8. The van der Waals surface area contributed by atoms with E-state index in [1.54, 1.807) is 0 Å². The topological polar surface area (TPSA) is 84.4 Å². The van der Waals surface area contributed by atoms with Crippen LogP contribution in [0, 0.1) is 20.8 Å². The van der Waals surface area contributed by atoms with Crippen LogP contribution in [0.5, 0.6) is 0 Å². The van der Waals surface area contributed by atoms with E-state index in [1.807, 2.05) is 32.9 Å². The molecule has 3 aromatic heterocycles. The normalized spacial score (nSPS) is 15.4. The number of piperidine rings is 1. The summed E-state index contributed by atoms with van der Waals surface area (Å²) in [5.74, 6) is 1.45. The Morgan fingerprint density at radius 2 is 1.97 bits per heavy atom. The second-order valence-corrected chi connectivity index (χ2v) is 8.66. The van der Waals surface area contributed by atoms with Gasteiger partial charge in [-0.3, -0.25) is 9.69 Å². The lowest BCUT2D eigenvalue weighted by atomic mass is 10.0. The molecule has 7 nitrogen and oxygen atoms in total. The van der Waals surface area contributed by atoms with Crippen molar-refractivity contribution in [2.24, 2.45) is 0 Å². The first-order valence-corrected chi connectivity index (χ1v) is 10.8. The van der Waals surface area contributed by atoms with Crippen molar-refractivity contribution in [2.45, 2.75) is 53.5 Å². The highest BCUT2D eigenvalue weighted by Gasteiger charge is 2.24. The third-order valence-corrected chi connectivity index (χ3v) is 5.86. The minimum Gasteiger partial charge on any atom is -0.466 e. The van der Waals surface area contributed by atoms with Gasteiger partial charge in [-0.1, -0.05) is 16.8 Å². The summed E-state index contributed by atoms with van der Waals surface area (Å²) in [6, 6.07) is 3.90. The van der Waals surface area contributed by atoms with Gasteiger partial charge in [-0.15, -0.1) is 0 Å². The van der Waals surface area contributed by atoms with Crippen LogP contribution in [-0.2, 0) is 0 Å². The van der Waals surface area contributed by atoms with Gasteiger partial charge in [0.05, 0.1) is 22.3 Å². The lowest BCUT2D eigenvalue weighted by Crippen LogP contribution is -2.44. The Balaban J connectivity index is 1.56. The maximum atomic E-state index is 13.3. The van der Waals surface area contributed by atoms with Gasteiger partial charge in [0.25, 0.3) is 11.6 Å². The van der Waals surface area contributed by atoms with E-state index in [2.05, 4.69) is 40.3 Å². The number of carbonyl (C=O) groups is 1. The molecule has 4 heterocycles. The number of rotatable bonds is 5. The molecule has 0 bridgehead atoms. The Morgan fingerprint density at radius 3 is 2.61 bits per heavy atom. The summed E-state index contributed by atoms with van der Waals surface area (Å²) in [7, 11) is 0. The van der Waals surface area contributed by atoms with E-state index in [-0.39, 0.29) is 11.9 Å². The number of aryl methyl sites for hydroxylation is 3. The van der Waals surface area contributed by atoms with Crippen molar-refractivity contribution in [2.75, 3.05) is 19.6 Å². The van der Waals surface area contributed by atoms with Gasteiger partial charge < -0.3 is 14.3 Å². The largest absolute Gasteiger partial charge is 0.466 e. The summed E-state index contributed by atoms with van der Waals surface area (Å²) in [5.41, 5.74) is 4.42. The zero-order valence-corrected chi connectivity index (χ0v) is 18.9. The van der Waals surface area contributed by atoms with Crippen LogP contribution in [0.3, 0.4) is 0 Å². The standard InChI is InChI=1S/C24H30N4O3/c1-14(2)6-9-28-10-7-18(8-11-28)25-23(29)20-13-21(19-12-15(3)30-17(19)5)26-24-22(20)16(4)27-31-24/h6,12-13,18H,7-11H2,1-5H3,(H,25,29). The van der Waals surface area contributed by atoms with Gasteiger partial charge in [0.15, 0.2) is 0 Å². The van der Waals surface area contributed by atoms with Crippen LogP contribution in [0.25, 0.3) is 22.4 Å². The molecule has 1 aliphatic heterocycles. The van der Waals surface area contributed by atoms with Crippen molar-refractivity contribution in [1.82, 2.24) is 20.4 Å². The van der Waals surface area contributed by atoms with Gasteiger partial charge in [0.1, 0.15) is 11.5 Å². The molecule has 1 saturated heterocycles. The Bertz CT molecular complexity index is 1130. The number of furan rings is 1. The Hall–Kier alpha value is -2.93. The van der Waals surface area contributed by atoms with Crippen molar-refractivity contribution in [1.29, 1.82) is 0 Å². The predicted molar refractivity (Wildman–Crippen MR) is 120 cm³/mol. The lowest BCUT2D eigenvalue weighted by molar-refractivity contribution is 0.0915. The number of likely N-dealkylation sites (tertiary alicyclic amines) is 1. The molecule has 0 spiro atoms. The third-order valence-electron chi connectivity index (χ3n) is 5.86.